The second kappa shape index (κ2) is 32.9. The van der Waals surface area contributed by atoms with Gasteiger partial charge < -0.3 is 56.2 Å². The zero-order valence-corrected chi connectivity index (χ0v) is 64.4. The van der Waals surface area contributed by atoms with E-state index in [0.29, 0.717) is 35.3 Å². The average molecular weight is 1410 g/mol. The van der Waals surface area contributed by atoms with Gasteiger partial charge in [0.25, 0.3) is 0 Å². The minimum absolute atomic E-state index is 0. The van der Waals surface area contributed by atoms with Crippen LogP contribution in [-0.2, 0) is 36.0 Å². The summed E-state index contributed by atoms with van der Waals surface area (Å²) in [5, 5.41) is 12.7. The van der Waals surface area contributed by atoms with Crippen molar-refractivity contribution in [2.24, 2.45) is 28.9 Å². The van der Waals surface area contributed by atoms with Gasteiger partial charge in [-0.2, -0.15) is 0 Å². The summed E-state index contributed by atoms with van der Waals surface area (Å²) >= 11 is 0. The third-order valence-electron chi connectivity index (χ3n) is 24.8. The van der Waals surface area contributed by atoms with E-state index < -0.39 is 11.6 Å². The van der Waals surface area contributed by atoms with E-state index in [1.165, 1.54) is 155 Å². The smallest absolute Gasteiger partial charge is 0.410 e. The Morgan fingerprint density at radius 1 is 0.471 bits per heavy atom. The number of nitrogens with one attached hydrogen (secondary N) is 4. The van der Waals surface area contributed by atoms with Gasteiger partial charge in [0.05, 0.1) is 24.2 Å². The summed E-state index contributed by atoms with van der Waals surface area (Å²) in [4.78, 5) is 72.0. The number of hydrogen-bond donors (Lipinski definition) is 5. The molecule has 566 valence electrons. The van der Waals surface area contributed by atoms with Gasteiger partial charge in [0.1, 0.15) is 5.60 Å². The van der Waals surface area contributed by atoms with E-state index in [1.54, 1.807) is 6.92 Å². The molecular weight excluding hydrogens is 1270 g/mol. The molecule has 5 heterocycles. The molecule has 1 saturated carbocycles. The second-order valence-corrected chi connectivity index (χ2v) is 35.7. The fourth-order valence-electron chi connectivity index (χ4n) is 19.1. The average Bonchev–Trinajstić information content (AvgIpc) is 1.48. The van der Waals surface area contributed by atoms with Crippen molar-refractivity contribution >= 4 is 30.0 Å². The number of urea groups is 2. The number of nitrogens with zero attached hydrogens (tertiary/aromatic N) is 5. The molecule has 5 saturated heterocycles. The van der Waals surface area contributed by atoms with Crippen molar-refractivity contribution < 1.29 is 34.4 Å². The fraction of sp³-hybridized carbons (Fsp3) is 0.663. The molecule has 0 unspecified atom stereocenters. The zero-order chi connectivity index (χ0) is 72.6. The fourth-order valence-corrected chi connectivity index (χ4v) is 19.1. The number of likely N-dealkylation sites (tertiary alicyclic amines) is 5. The highest BCUT2D eigenvalue weighted by atomic mass is 16.6. The van der Waals surface area contributed by atoms with E-state index in [4.69, 9.17) is 10.5 Å². The van der Waals surface area contributed by atoms with Gasteiger partial charge in [-0.1, -0.05) is 146 Å². The molecule has 0 aromatic heterocycles. The highest BCUT2D eigenvalue weighted by Crippen LogP contribution is 2.54. The number of fused-ring (bicyclic) bond motifs is 8. The number of hydrogen-bond acceptors (Lipinski definition) is 9. The molecule has 14 rings (SSSR count). The number of nitrogens with two attached hydrogens (primary N) is 1. The van der Waals surface area contributed by atoms with Crippen molar-refractivity contribution in [3.05, 3.63) is 142 Å². The van der Waals surface area contributed by atoms with Crippen molar-refractivity contribution in [2.45, 2.75) is 256 Å². The summed E-state index contributed by atoms with van der Waals surface area (Å²) in [6, 6.07) is 35.0. The number of piperidine rings is 4. The van der Waals surface area contributed by atoms with Gasteiger partial charge in [0, 0.05) is 62.1 Å². The highest BCUT2D eigenvalue weighted by molar-refractivity contribution is 5.81. The molecule has 16 heteroatoms. The predicted octanol–water partition coefficient (Wildman–Crippen LogP) is 16.8. The molecule has 4 atom stereocenters. The Morgan fingerprint density at radius 2 is 0.853 bits per heavy atom. The van der Waals surface area contributed by atoms with E-state index in [-0.39, 0.29) is 64.6 Å². The quantitative estimate of drug-likeness (QED) is 0.0921. The number of carbonyl (C=O) groups excluding carboxylic acids is 5. The molecule has 16 nitrogen and oxygen atoms in total. The number of benzene rings is 4. The van der Waals surface area contributed by atoms with Crippen LogP contribution in [0.1, 0.15) is 279 Å². The first-order chi connectivity index (χ1) is 48.6. The van der Waals surface area contributed by atoms with E-state index >= 15 is 0 Å². The van der Waals surface area contributed by atoms with E-state index in [2.05, 4.69) is 181 Å². The van der Waals surface area contributed by atoms with Crippen LogP contribution >= 0.6 is 0 Å². The second-order valence-electron chi connectivity index (χ2n) is 35.7. The van der Waals surface area contributed by atoms with Crippen molar-refractivity contribution in [3.63, 3.8) is 0 Å². The molecule has 10 aliphatic rings. The Labute approximate surface area is 618 Å². The van der Waals surface area contributed by atoms with Crippen LogP contribution < -0.4 is 27.0 Å². The van der Waals surface area contributed by atoms with E-state index in [9.17, 15) is 24.0 Å². The Balaban J connectivity index is 0.000000195. The third kappa shape index (κ3) is 18.9. The molecule has 4 aromatic rings. The highest BCUT2D eigenvalue weighted by Gasteiger charge is 2.50. The van der Waals surface area contributed by atoms with Gasteiger partial charge in [-0.25, -0.2) is 14.4 Å². The first-order valence-electron chi connectivity index (χ1n) is 39.9. The van der Waals surface area contributed by atoms with Gasteiger partial charge in [-0.05, 0) is 274 Å². The monoisotopic (exact) mass is 1410 g/mol. The van der Waals surface area contributed by atoms with Gasteiger partial charge in [-0.3, -0.25) is 9.59 Å². The molecule has 0 bridgehead atoms. The summed E-state index contributed by atoms with van der Waals surface area (Å²) in [6.45, 7) is 37.4. The van der Waals surface area contributed by atoms with Crippen LogP contribution in [0.4, 0.5) is 14.4 Å². The molecule has 102 heavy (non-hydrogen) atoms. The van der Waals surface area contributed by atoms with Gasteiger partial charge >= 0.3 is 18.2 Å². The lowest BCUT2D eigenvalue weighted by atomic mass is 9.63. The van der Waals surface area contributed by atoms with Crippen molar-refractivity contribution in [2.75, 3.05) is 85.1 Å². The van der Waals surface area contributed by atoms with Crippen LogP contribution in [0.5, 0.6) is 0 Å². The predicted molar refractivity (Wildman–Crippen MR) is 419 cm³/mol. The molecule has 0 radical (unpaired) electrons. The summed E-state index contributed by atoms with van der Waals surface area (Å²) in [6.07, 6.45) is 22.4. The normalized spacial score (nSPS) is 23.9. The molecule has 6 fully saturated rings. The number of carbonyl (C=O) groups is 5. The molecule has 5 aliphatic heterocycles. The van der Waals surface area contributed by atoms with Gasteiger partial charge in [-0.15, -0.1) is 0 Å². The van der Waals surface area contributed by atoms with Crippen LogP contribution in [0, 0.1) is 23.2 Å². The van der Waals surface area contributed by atoms with Crippen molar-refractivity contribution in [3.8, 4) is 0 Å². The van der Waals surface area contributed by atoms with Crippen LogP contribution in [0.25, 0.3) is 0 Å². The lowest BCUT2D eigenvalue weighted by Gasteiger charge is -2.48. The number of primary amides is 1. The SMILES string of the molecule is CC(=O)N[C@H]1CCC2(CCN(CC(C)(C)C)CC2)c2ccccc21.CC(C)(C)OC(=O)N1CCC2(CC1)C[C@H](NC(=O)N1CCCC1)c1ccccc12.CC(C)CCN1CCC2(CC1)C[C@H](NC(N)=O)c1ccccc12.CC(C)CCN1CCC2(CC[C@H](NC(=O)C3CC3)c3ccccc32)CC1.[HH].[HH].[HH].[HH]. The molecular formula is C86H136N10O6. The maximum absolute atomic E-state index is 12.7. The Kier molecular flexibility index (Phi) is 24.7. The van der Waals surface area contributed by atoms with Gasteiger partial charge in [0.15, 0.2) is 0 Å². The lowest BCUT2D eigenvalue weighted by molar-refractivity contribution is -0.123. The van der Waals surface area contributed by atoms with Crippen LogP contribution in [0.2, 0.25) is 0 Å². The first kappa shape index (κ1) is 76.6. The van der Waals surface area contributed by atoms with Gasteiger partial charge in [0.2, 0.25) is 11.8 Å². The first-order valence-corrected chi connectivity index (χ1v) is 39.9. The van der Waals surface area contributed by atoms with Crippen LogP contribution in [-0.4, -0.2) is 145 Å². The van der Waals surface area contributed by atoms with Crippen molar-refractivity contribution in [1.82, 2.24) is 45.8 Å². The number of amides is 7. The molecule has 6 N–H and O–H groups in total. The largest absolute Gasteiger partial charge is 0.444 e. The minimum atomic E-state index is -0.475. The molecule has 4 aromatic carbocycles. The summed E-state index contributed by atoms with van der Waals surface area (Å²) < 4.78 is 5.55. The number of rotatable bonds is 12. The zero-order valence-electron chi connectivity index (χ0n) is 64.4. The van der Waals surface area contributed by atoms with E-state index in [0.717, 1.165) is 102 Å². The molecule has 4 spiro atoms. The molecule has 7 amide bonds. The Morgan fingerprint density at radius 3 is 1.25 bits per heavy atom. The van der Waals surface area contributed by atoms with Crippen LogP contribution in [0.15, 0.2) is 97.1 Å². The maximum Gasteiger partial charge on any atom is 0.410 e. The van der Waals surface area contributed by atoms with Crippen LogP contribution in [0.3, 0.4) is 0 Å². The third-order valence-corrected chi connectivity index (χ3v) is 24.8. The minimum Gasteiger partial charge on any atom is -0.444 e. The topological polar surface area (TPSA) is 185 Å². The summed E-state index contributed by atoms with van der Waals surface area (Å²) in [5.41, 5.74) is 17.2. The lowest BCUT2D eigenvalue weighted by Crippen LogP contribution is -2.47. The van der Waals surface area contributed by atoms with E-state index in [1.807, 2.05) is 30.6 Å². The summed E-state index contributed by atoms with van der Waals surface area (Å²) in [7, 11) is 0. The summed E-state index contributed by atoms with van der Waals surface area (Å²) in [5.74, 6) is 2.21. The Bertz CT molecular complexity index is 3500. The standard InChI is InChI=1S/C23H33N3O3.C23H34N2O.C21H32N2O.C19H29N3O.4H2/c1-22(2,3)29-21(28)26-14-10-23(11-15-26)16-19(17-8-4-5-9-18(17)23)24-20(27)25-12-6-7-13-25;1-17(2)10-14-25-15-12-23(13-16-25)11-9-21(24-22(26)18-7-8-18)19-5-3-4-6-20(19)23;1-16(24)22-19-9-10-21(18-8-6-5-7-17(18)19)11-13-23(14-12-21)15-20(2,3)4;1-14(2)7-10-22-11-8-19(9-12-22)13-17(21-18(20)23)15-5-3-4-6-16(15)19;;;;/h4-5,8-9,19H,6-7,10-16H2,1-3H3,(H,24,27);3-6,17-18,21H,7-16H2,1-2H3,(H,24,26);5-8,19H,9-15H2,1-4H3,(H,22,24);3-6,14,17H,7-13H2,1-2H3,(H3,20,21,23);4*1H/t19-;21-;19-;17-;;;;/m0000..../s1. The van der Waals surface area contributed by atoms with Crippen molar-refractivity contribution in [1.29, 1.82) is 0 Å². The molecule has 5 aliphatic carbocycles. The number of ether oxygens (including phenoxy) is 1. The Hall–Kier alpha value is -6.49. The maximum atomic E-state index is 12.7.